The highest BCUT2D eigenvalue weighted by Crippen LogP contribution is 2.25. The predicted molar refractivity (Wildman–Crippen MR) is 142 cm³/mol. The molecule has 3 aromatic carbocycles. The van der Waals surface area contributed by atoms with Crippen molar-refractivity contribution in [1.29, 1.82) is 0 Å². The molecule has 0 saturated heterocycles. The van der Waals surface area contributed by atoms with Crippen molar-refractivity contribution < 1.29 is 14.4 Å². The fraction of sp³-hybridized carbons (Fsp3) is 0.387. The van der Waals surface area contributed by atoms with Gasteiger partial charge in [0.2, 0.25) is 0 Å². The van der Waals surface area contributed by atoms with E-state index in [9.17, 15) is 5.11 Å². The summed E-state index contributed by atoms with van der Waals surface area (Å²) in [6.45, 7) is 4.11. The standard InChI is InChI=1S/C31H39N2O2/c1-2-3-4-5-6-7-16-23-35-25-33-29-22-15-14-21-28(29)32(24-26-17-10-8-11-18-26)31(33)30(34)27-19-12-9-13-20-27/h8-15,17-22,30,34H,2-7,16,23-25H2,1H3/q+1. The Hall–Kier alpha value is -2.95. The van der Waals surface area contributed by atoms with Crippen LogP contribution in [0.25, 0.3) is 11.0 Å². The van der Waals surface area contributed by atoms with E-state index < -0.39 is 6.10 Å². The molecular weight excluding hydrogens is 432 g/mol. The Labute approximate surface area is 209 Å². The van der Waals surface area contributed by atoms with Crippen LogP contribution in [0.3, 0.4) is 0 Å². The summed E-state index contributed by atoms with van der Waals surface area (Å²) in [6.07, 6.45) is 8.11. The van der Waals surface area contributed by atoms with Gasteiger partial charge in [-0.3, -0.25) is 0 Å². The van der Waals surface area contributed by atoms with E-state index in [0.29, 0.717) is 13.3 Å². The molecule has 1 heterocycles. The zero-order chi connectivity index (χ0) is 24.3. The van der Waals surface area contributed by atoms with E-state index in [1.807, 2.05) is 36.4 Å². The highest BCUT2D eigenvalue weighted by Gasteiger charge is 2.31. The summed E-state index contributed by atoms with van der Waals surface area (Å²) in [7, 11) is 0. The molecule has 0 bridgehead atoms. The van der Waals surface area contributed by atoms with E-state index >= 15 is 0 Å². The highest BCUT2D eigenvalue weighted by molar-refractivity contribution is 5.72. The lowest BCUT2D eigenvalue weighted by atomic mass is 10.1. The van der Waals surface area contributed by atoms with Crippen molar-refractivity contribution in [1.82, 2.24) is 4.57 Å². The first kappa shape index (κ1) is 25.2. The molecule has 1 unspecified atom stereocenters. The maximum Gasteiger partial charge on any atom is 0.293 e. The number of benzene rings is 3. The number of hydrogen-bond donors (Lipinski definition) is 1. The Morgan fingerprint density at radius 2 is 1.40 bits per heavy atom. The predicted octanol–water partition coefficient (Wildman–Crippen LogP) is 6.78. The van der Waals surface area contributed by atoms with Gasteiger partial charge in [-0.2, -0.15) is 4.57 Å². The molecule has 0 aliphatic heterocycles. The van der Waals surface area contributed by atoms with Gasteiger partial charge in [-0.15, -0.1) is 0 Å². The monoisotopic (exact) mass is 471 g/mol. The number of aliphatic hydroxyl groups excluding tert-OH is 1. The summed E-state index contributed by atoms with van der Waals surface area (Å²) in [5, 5.41) is 11.6. The van der Waals surface area contributed by atoms with Gasteiger partial charge in [0, 0.05) is 0 Å². The maximum absolute atomic E-state index is 11.6. The molecule has 184 valence electrons. The van der Waals surface area contributed by atoms with Gasteiger partial charge in [0.1, 0.15) is 6.54 Å². The van der Waals surface area contributed by atoms with Crippen LogP contribution in [0, 0.1) is 0 Å². The molecule has 35 heavy (non-hydrogen) atoms. The molecule has 0 spiro atoms. The van der Waals surface area contributed by atoms with Gasteiger partial charge in [-0.1, -0.05) is 118 Å². The van der Waals surface area contributed by atoms with Crippen molar-refractivity contribution in [3.63, 3.8) is 0 Å². The second-order valence-corrected chi connectivity index (χ2v) is 9.32. The Bertz CT molecular complexity index is 1150. The summed E-state index contributed by atoms with van der Waals surface area (Å²) < 4.78 is 10.6. The van der Waals surface area contributed by atoms with Crippen LogP contribution in [0.1, 0.15) is 74.9 Å². The minimum absolute atomic E-state index is 0.428. The van der Waals surface area contributed by atoms with Gasteiger partial charge in [0.25, 0.3) is 5.82 Å². The summed E-state index contributed by atoms with van der Waals surface area (Å²) >= 11 is 0. The zero-order valence-corrected chi connectivity index (χ0v) is 21.0. The van der Waals surface area contributed by atoms with Crippen LogP contribution in [-0.4, -0.2) is 16.3 Å². The third-order valence-electron chi connectivity index (χ3n) is 6.67. The van der Waals surface area contributed by atoms with E-state index in [4.69, 9.17) is 4.74 Å². The van der Waals surface area contributed by atoms with Crippen molar-refractivity contribution >= 4 is 11.0 Å². The number of aromatic nitrogens is 2. The molecule has 1 aromatic heterocycles. The van der Waals surface area contributed by atoms with E-state index in [-0.39, 0.29) is 0 Å². The van der Waals surface area contributed by atoms with E-state index in [1.54, 1.807) is 0 Å². The fourth-order valence-electron chi connectivity index (χ4n) is 4.78. The second kappa shape index (κ2) is 13.2. The molecule has 0 fully saturated rings. The molecule has 0 amide bonds. The van der Waals surface area contributed by atoms with Crippen molar-refractivity contribution in [3.05, 3.63) is 102 Å². The normalized spacial score (nSPS) is 12.3. The number of hydrogen-bond acceptors (Lipinski definition) is 2. The van der Waals surface area contributed by atoms with Gasteiger partial charge in [-0.05, 0) is 29.7 Å². The molecule has 4 nitrogen and oxygen atoms in total. The minimum Gasteiger partial charge on any atom is -0.376 e. The maximum atomic E-state index is 11.6. The number of para-hydroxylation sites is 2. The van der Waals surface area contributed by atoms with Crippen LogP contribution in [0.2, 0.25) is 0 Å². The number of aliphatic hydroxyl groups is 1. The van der Waals surface area contributed by atoms with Crippen LogP contribution < -0.4 is 4.57 Å². The first-order valence-electron chi connectivity index (χ1n) is 13.1. The first-order chi connectivity index (χ1) is 17.3. The molecule has 1 atom stereocenters. The molecule has 0 aliphatic rings. The average Bonchev–Trinajstić information content (AvgIpc) is 3.21. The topological polar surface area (TPSA) is 38.3 Å². The zero-order valence-electron chi connectivity index (χ0n) is 21.0. The lowest BCUT2D eigenvalue weighted by molar-refractivity contribution is -0.674. The van der Waals surface area contributed by atoms with E-state index in [2.05, 4.69) is 64.6 Å². The Kier molecular flexibility index (Phi) is 9.50. The molecule has 4 aromatic rings. The van der Waals surface area contributed by atoms with E-state index in [1.165, 1.54) is 44.1 Å². The number of unbranched alkanes of at least 4 members (excludes halogenated alkanes) is 6. The van der Waals surface area contributed by atoms with Crippen LogP contribution in [-0.2, 0) is 18.0 Å². The molecule has 4 rings (SSSR count). The molecule has 4 heteroatoms. The summed E-state index contributed by atoms with van der Waals surface area (Å²) in [5.74, 6) is 0.848. The lowest BCUT2D eigenvalue weighted by Gasteiger charge is -2.12. The van der Waals surface area contributed by atoms with Crippen LogP contribution >= 0.6 is 0 Å². The molecular formula is C31H39N2O2+. The van der Waals surface area contributed by atoms with Gasteiger partial charge in [0.05, 0.1) is 6.61 Å². The quantitative estimate of drug-likeness (QED) is 0.163. The Balaban J connectivity index is 1.58. The summed E-state index contributed by atoms with van der Waals surface area (Å²) in [4.78, 5) is 0. The third-order valence-corrected chi connectivity index (χ3v) is 6.67. The third kappa shape index (κ3) is 6.59. The number of imidazole rings is 1. The number of fused-ring (bicyclic) bond motifs is 1. The Morgan fingerprint density at radius 1 is 0.771 bits per heavy atom. The smallest absolute Gasteiger partial charge is 0.293 e. The van der Waals surface area contributed by atoms with E-state index in [0.717, 1.165) is 35.4 Å². The van der Waals surface area contributed by atoms with Crippen molar-refractivity contribution in [2.24, 2.45) is 0 Å². The largest absolute Gasteiger partial charge is 0.376 e. The van der Waals surface area contributed by atoms with Gasteiger partial charge >= 0.3 is 0 Å². The minimum atomic E-state index is -0.755. The summed E-state index contributed by atoms with van der Waals surface area (Å²) in [6, 6.07) is 28.7. The van der Waals surface area contributed by atoms with Crippen molar-refractivity contribution in [3.8, 4) is 0 Å². The number of nitrogens with zero attached hydrogens (tertiary/aromatic N) is 2. The molecule has 0 saturated carbocycles. The van der Waals surface area contributed by atoms with Crippen molar-refractivity contribution in [2.75, 3.05) is 6.61 Å². The fourth-order valence-corrected chi connectivity index (χ4v) is 4.78. The Morgan fingerprint density at radius 3 is 2.14 bits per heavy atom. The molecule has 1 N–H and O–H groups in total. The second-order valence-electron chi connectivity index (χ2n) is 9.32. The SMILES string of the molecule is CCCCCCCCCOCn1c(C(O)c2ccccc2)[n+](Cc2ccccc2)c2ccccc21. The first-order valence-corrected chi connectivity index (χ1v) is 13.1. The van der Waals surface area contributed by atoms with Crippen LogP contribution in [0.4, 0.5) is 0 Å². The van der Waals surface area contributed by atoms with Crippen LogP contribution in [0.5, 0.6) is 0 Å². The van der Waals surface area contributed by atoms with Gasteiger partial charge in [0.15, 0.2) is 23.9 Å². The van der Waals surface area contributed by atoms with Gasteiger partial charge in [-0.25, -0.2) is 4.57 Å². The molecule has 0 aliphatic carbocycles. The van der Waals surface area contributed by atoms with Crippen molar-refractivity contribution in [2.45, 2.75) is 71.2 Å². The van der Waals surface area contributed by atoms with Crippen LogP contribution in [0.15, 0.2) is 84.9 Å². The number of ether oxygens (including phenoxy) is 1. The lowest BCUT2D eigenvalue weighted by Crippen LogP contribution is -2.40. The summed E-state index contributed by atoms with van der Waals surface area (Å²) in [5.41, 5.74) is 4.25. The highest BCUT2D eigenvalue weighted by atomic mass is 16.5. The molecule has 0 radical (unpaired) electrons. The number of rotatable bonds is 14. The van der Waals surface area contributed by atoms with Gasteiger partial charge < -0.3 is 9.84 Å². The average molecular weight is 472 g/mol.